The summed E-state index contributed by atoms with van der Waals surface area (Å²) in [5, 5.41) is 9.22. The summed E-state index contributed by atoms with van der Waals surface area (Å²) in [5.74, 6) is 0.850. The molecular formula is C21H36O4. The van der Waals surface area contributed by atoms with Gasteiger partial charge in [0, 0.05) is 12.8 Å². The first-order valence-electron chi connectivity index (χ1n) is 10.6. The van der Waals surface area contributed by atoms with E-state index >= 15 is 0 Å². The van der Waals surface area contributed by atoms with Gasteiger partial charge in [-0.1, -0.05) is 39.0 Å². The van der Waals surface area contributed by atoms with Crippen molar-refractivity contribution in [2.24, 2.45) is 23.7 Å². The van der Waals surface area contributed by atoms with Crippen LogP contribution in [0.1, 0.15) is 84.5 Å². The molecule has 0 aromatic heterocycles. The maximum absolute atomic E-state index is 11.2. The monoisotopic (exact) mass is 352 g/mol. The third kappa shape index (κ3) is 4.57. The van der Waals surface area contributed by atoms with Gasteiger partial charge in [-0.2, -0.15) is 0 Å². The Morgan fingerprint density at radius 2 is 1.72 bits per heavy atom. The van der Waals surface area contributed by atoms with Gasteiger partial charge in [-0.15, -0.1) is 0 Å². The average molecular weight is 353 g/mol. The third-order valence-corrected chi connectivity index (χ3v) is 7.13. The Morgan fingerprint density at radius 1 is 1.08 bits per heavy atom. The van der Waals surface area contributed by atoms with Gasteiger partial charge >= 0.3 is 5.97 Å². The highest BCUT2D eigenvalue weighted by atomic mass is 16.7. The Hall–Kier alpha value is -0.610. The second-order valence-corrected chi connectivity index (χ2v) is 8.75. The van der Waals surface area contributed by atoms with Gasteiger partial charge in [0.25, 0.3) is 0 Å². The summed E-state index contributed by atoms with van der Waals surface area (Å²) in [6.07, 6.45) is 13.8. The van der Waals surface area contributed by atoms with Crippen LogP contribution in [-0.4, -0.2) is 29.6 Å². The van der Waals surface area contributed by atoms with Crippen LogP contribution in [0.3, 0.4) is 0 Å². The fourth-order valence-electron chi connectivity index (χ4n) is 5.36. The summed E-state index contributed by atoms with van der Waals surface area (Å²) >= 11 is 0. The minimum Gasteiger partial charge on any atom is -0.481 e. The quantitative estimate of drug-likeness (QED) is 0.756. The van der Waals surface area contributed by atoms with Crippen LogP contribution >= 0.6 is 0 Å². The molecule has 0 radical (unpaired) electrons. The average Bonchev–Trinajstić information content (AvgIpc) is 2.61. The molecule has 0 aromatic carbocycles. The predicted octanol–water partition coefficient (Wildman–Crippen LogP) is 5.01. The zero-order valence-electron chi connectivity index (χ0n) is 16.0. The second kappa shape index (κ2) is 8.39. The summed E-state index contributed by atoms with van der Waals surface area (Å²) in [4.78, 5) is 11.2. The van der Waals surface area contributed by atoms with E-state index in [1.54, 1.807) is 0 Å². The predicted molar refractivity (Wildman–Crippen MR) is 97.3 cm³/mol. The molecule has 1 heterocycles. The fraction of sp³-hybridized carbons (Fsp3) is 0.952. The van der Waals surface area contributed by atoms with Crippen LogP contribution in [0.2, 0.25) is 0 Å². The molecule has 2 saturated carbocycles. The smallest absolute Gasteiger partial charge is 0.311 e. The summed E-state index contributed by atoms with van der Waals surface area (Å²) in [6.45, 7) is 4.47. The van der Waals surface area contributed by atoms with E-state index in [0.717, 1.165) is 30.6 Å². The van der Waals surface area contributed by atoms with Crippen LogP contribution in [-0.2, 0) is 14.3 Å². The lowest BCUT2D eigenvalue weighted by atomic mass is 9.69. The van der Waals surface area contributed by atoms with Crippen molar-refractivity contribution >= 4 is 5.97 Å². The molecule has 0 amide bonds. The van der Waals surface area contributed by atoms with E-state index in [9.17, 15) is 9.90 Å². The van der Waals surface area contributed by atoms with E-state index in [4.69, 9.17) is 9.47 Å². The third-order valence-electron chi connectivity index (χ3n) is 7.13. The van der Waals surface area contributed by atoms with Gasteiger partial charge in [0.15, 0.2) is 5.79 Å². The van der Waals surface area contributed by atoms with E-state index in [0.29, 0.717) is 6.61 Å². The number of carboxylic acids is 1. The molecule has 2 aliphatic carbocycles. The molecule has 2 unspecified atom stereocenters. The van der Waals surface area contributed by atoms with Gasteiger partial charge < -0.3 is 14.6 Å². The van der Waals surface area contributed by atoms with E-state index in [-0.39, 0.29) is 6.10 Å². The maximum atomic E-state index is 11.2. The van der Waals surface area contributed by atoms with Gasteiger partial charge in [-0.05, 0) is 50.4 Å². The summed E-state index contributed by atoms with van der Waals surface area (Å²) in [5.41, 5.74) is 0. The number of unbranched alkanes of at least 4 members (excludes halogenated alkanes) is 1. The van der Waals surface area contributed by atoms with Crippen molar-refractivity contribution < 1.29 is 19.4 Å². The molecule has 1 saturated heterocycles. The molecule has 2 atom stereocenters. The molecule has 1 spiro atoms. The molecule has 1 aliphatic heterocycles. The van der Waals surface area contributed by atoms with Crippen molar-refractivity contribution in [3.05, 3.63) is 0 Å². The van der Waals surface area contributed by atoms with Gasteiger partial charge in [0.1, 0.15) is 5.92 Å². The number of hydrogen-bond donors (Lipinski definition) is 1. The topological polar surface area (TPSA) is 55.8 Å². The van der Waals surface area contributed by atoms with Crippen molar-refractivity contribution in [1.82, 2.24) is 0 Å². The standard InChI is InChI=1S/C21H36O4/c1-3-4-5-16-6-8-17(9-7-16)18-10-12-21(13-11-18)24-14-19(20(22)23)15(2)25-21/h15-19H,3-14H2,1-2H3,(H,22,23). The zero-order chi connectivity index (χ0) is 17.9. The Morgan fingerprint density at radius 3 is 2.28 bits per heavy atom. The van der Waals surface area contributed by atoms with Gasteiger partial charge in [-0.25, -0.2) is 0 Å². The Labute approximate surface area is 152 Å². The molecule has 3 rings (SSSR count). The minimum atomic E-state index is -0.809. The van der Waals surface area contributed by atoms with Crippen LogP contribution in [0.25, 0.3) is 0 Å². The number of rotatable bonds is 5. The lowest BCUT2D eigenvalue weighted by molar-refractivity contribution is -0.319. The number of carbonyl (C=O) groups is 1. The summed E-state index contributed by atoms with van der Waals surface area (Å²) < 4.78 is 12.0. The molecule has 144 valence electrons. The fourth-order valence-corrected chi connectivity index (χ4v) is 5.36. The Balaban J connectivity index is 1.44. The van der Waals surface area contributed by atoms with Crippen molar-refractivity contribution in [2.75, 3.05) is 6.61 Å². The van der Waals surface area contributed by atoms with Crippen LogP contribution in [0, 0.1) is 23.7 Å². The minimum absolute atomic E-state index is 0.253. The SMILES string of the molecule is CCCCC1CCC(C2CCC3(CC2)OCC(C(=O)O)C(C)O3)CC1. The summed E-state index contributed by atoms with van der Waals surface area (Å²) in [6, 6.07) is 0. The van der Waals surface area contributed by atoms with Crippen LogP contribution in [0.4, 0.5) is 0 Å². The molecule has 4 heteroatoms. The Kier molecular flexibility index (Phi) is 6.43. The Bertz CT molecular complexity index is 433. The van der Waals surface area contributed by atoms with Gasteiger partial charge in [0.05, 0.1) is 12.7 Å². The van der Waals surface area contributed by atoms with E-state index < -0.39 is 17.7 Å². The lowest BCUT2D eigenvalue weighted by Crippen LogP contribution is -2.52. The van der Waals surface area contributed by atoms with Crippen molar-refractivity contribution in [3.8, 4) is 0 Å². The van der Waals surface area contributed by atoms with E-state index in [1.807, 2.05) is 6.92 Å². The van der Waals surface area contributed by atoms with Crippen molar-refractivity contribution in [1.29, 1.82) is 0 Å². The number of carboxylic acid groups (broad SMARTS) is 1. The van der Waals surface area contributed by atoms with Gasteiger partial charge in [0.2, 0.25) is 0 Å². The molecule has 4 nitrogen and oxygen atoms in total. The molecule has 0 aromatic rings. The number of hydrogen-bond acceptors (Lipinski definition) is 3. The molecule has 3 aliphatic rings. The normalized spacial score (nSPS) is 42.4. The van der Waals surface area contributed by atoms with Crippen molar-refractivity contribution in [2.45, 2.75) is 96.4 Å². The first-order chi connectivity index (χ1) is 12.0. The van der Waals surface area contributed by atoms with Crippen molar-refractivity contribution in [3.63, 3.8) is 0 Å². The highest BCUT2D eigenvalue weighted by Gasteiger charge is 2.46. The highest BCUT2D eigenvalue weighted by molar-refractivity contribution is 5.70. The van der Waals surface area contributed by atoms with Crippen LogP contribution in [0.15, 0.2) is 0 Å². The largest absolute Gasteiger partial charge is 0.481 e. The molecule has 0 bridgehead atoms. The molecular weight excluding hydrogens is 316 g/mol. The maximum Gasteiger partial charge on any atom is 0.311 e. The van der Waals surface area contributed by atoms with Crippen LogP contribution < -0.4 is 0 Å². The van der Waals surface area contributed by atoms with E-state index in [1.165, 1.54) is 57.8 Å². The zero-order valence-corrected chi connectivity index (χ0v) is 16.0. The second-order valence-electron chi connectivity index (χ2n) is 8.75. The van der Waals surface area contributed by atoms with E-state index in [2.05, 4.69) is 6.92 Å². The molecule has 25 heavy (non-hydrogen) atoms. The first kappa shape index (κ1) is 19.2. The van der Waals surface area contributed by atoms with Gasteiger partial charge in [-0.3, -0.25) is 4.79 Å². The highest BCUT2D eigenvalue weighted by Crippen LogP contribution is 2.46. The lowest BCUT2D eigenvalue weighted by Gasteiger charge is -2.47. The first-order valence-corrected chi connectivity index (χ1v) is 10.6. The van der Waals surface area contributed by atoms with Crippen LogP contribution in [0.5, 0.6) is 0 Å². The molecule has 1 N–H and O–H groups in total. The number of ether oxygens (including phenoxy) is 2. The summed E-state index contributed by atoms with van der Waals surface area (Å²) in [7, 11) is 0. The number of aliphatic carboxylic acids is 1. The molecule has 3 fully saturated rings.